The molecule has 0 radical (unpaired) electrons. The fourth-order valence-corrected chi connectivity index (χ4v) is 1.29. The van der Waals surface area contributed by atoms with Crippen LogP contribution in [0.15, 0.2) is 6.20 Å². The van der Waals surface area contributed by atoms with Gasteiger partial charge in [-0.1, -0.05) is 0 Å². The van der Waals surface area contributed by atoms with Gasteiger partial charge >= 0.3 is 0 Å². The monoisotopic (exact) mass is 269 g/mol. The van der Waals surface area contributed by atoms with Gasteiger partial charge in [-0.25, -0.2) is 4.98 Å². The molecule has 0 atom stereocenters. The number of nitriles is 1. The van der Waals surface area contributed by atoms with Crippen molar-refractivity contribution in [1.29, 1.82) is 5.26 Å². The van der Waals surface area contributed by atoms with Gasteiger partial charge in [0.2, 0.25) is 11.7 Å². The van der Waals surface area contributed by atoms with Crippen LogP contribution >= 0.6 is 11.6 Å². The van der Waals surface area contributed by atoms with Crippen LogP contribution in [0.1, 0.15) is 17.0 Å². The molecule has 1 aromatic rings. The van der Waals surface area contributed by atoms with Crippen molar-refractivity contribution in [3.63, 3.8) is 0 Å². The van der Waals surface area contributed by atoms with Crippen molar-refractivity contribution in [2.24, 2.45) is 7.05 Å². The molecule has 2 N–H and O–H groups in total. The highest BCUT2D eigenvalue weighted by molar-refractivity contribution is 6.29. The molecule has 0 spiro atoms. The number of aryl methyl sites for hydroxylation is 1. The van der Waals surface area contributed by atoms with Crippen LogP contribution in [0.4, 0.5) is 5.82 Å². The van der Waals surface area contributed by atoms with Crippen LogP contribution in [0.3, 0.4) is 0 Å². The molecular formula is C10H12ClN5O2. The molecule has 0 aliphatic heterocycles. The Morgan fingerprint density at radius 2 is 2.33 bits per heavy atom. The van der Waals surface area contributed by atoms with Crippen LogP contribution in [0.5, 0.6) is 0 Å². The standard InChI is InChI=1S/C10H12ClN5O2/c1-16-6-7(14-8(17)5-11)15-9(16)10(18)13-4-2-3-12/h6H,2,4-5H2,1H3,(H,13,18)(H,14,17). The third-order valence-electron chi connectivity index (χ3n) is 1.99. The van der Waals surface area contributed by atoms with Crippen LogP contribution in [-0.2, 0) is 11.8 Å². The molecule has 2 amide bonds. The molecule has 0 saturated heterocycles. The van der Waals surface area contributed by atoms with Crippen molar-refractivity contribution in [3.8, 4) is 6.07 Å². The molecule has 0 aliphatic carbocycles. The maximum Gasteiger partial charge on any atom is 0.287 e. The lowest BCUT2D eigenvalue weighted by atomic mass is 10.4. The Balaban J connectivity index is 2.69. The van der Waals surface area contributed by atoms with Gasteiger partial charge in [0.05, 0.1) is 12.5 Å². The number of carbonyl (C=O) groups excluding carboxylic acids is 2. The second kappa shape index (κ2) is 6.61. The highest BCUT2D eigenvalue weighted by atomic mass is 35.5. The maximum atomic E-state index is 11.7. The minimum absolute atomic E-state index is 0.151. The van der Waals surface area contributed by atoms with Gasteiger partial charge in [0.15, 0.2) is 5.82 Å². The van der Waals surface area contributed by atoms with Gasteiger partial charge in [0.25, 0.3) is 5.91 Å². The van der Waals surface area contributed by atoms with Crippen LogP contribution in [0, 0.1) is 11.3 Å². The van der Waals surface area contributed by atoms with Gasteiger partial charge in [-0.15, -0.1) is 11.6 Å². The summed E-state index contributed by atoms with van der Waals surface area (Å²) in [6.07, 6.45) is 1.73. The highest BCUT2D eigenvalue weighted by Crippen LogP contribution is 2.07. The molecule has 0 saturated carbocycles. The van der Waals surface area contributed by atoms with E-state index >= 15 is 0 Å². The summed E-state index contributed by atoms with van der Waals surface area (Å²) in [5, 5.41) is 13.3. The van der Waals surface area contributed by atoms with Crippen LogP contribution in [0.2, 0.25) is 0 Å². The van der Waals surface area contributed by atoms with E-state index in [9.17, 15) is 9.59 Å². The van der Waals surface area contributed by atoms with Crippen molar-refractivity contribution in [2.75, 3.05) is 17.7 Å². The molecule has 1 aromatic heterocycles. The second-order valence-electron chi connectivity index (χ2n) is 3.41. The zero-order valence-electron chi connectivity index (χ0n) is 9.73. The van der Waals surface area contributed by atoms with E-state index in [0.717, 1.165) is 0 Å². The molecule has 0 unspecified atom stereocenters. The lowest BCUT2D eigenvalue weighted by molar-refractivity contribution is -0.113. The average molecular weight is 270 g/mol. The third-order valence-corrected chi connectivity index (χ3v) is 2.23. The van der Waals surface area contributed by atoms with Gasteiger partial charge < -0.3 is 15.2 Å². The van der Waals surface area contributed by atoms with E-state index in [-0.39, 0.29) is 30.5 Å². The average Bonchev–Trinajstić information content (AvgIpc) is 2.70. The second-order valence-corrected chi connectivity index (χ2v) is 3.67. The Labute approximate surface area is 109 Å². The number of nitrogens with one attached hydrogen (secondary N) is 2. The summed E-state index contributed by atoms with van der Waals surface area (Å²) in [6.45, 7) is 0.256. The zero-order chi connectivity index (χ0) is 13.5. The molecule has 0 aromatic carbocycles. The highest BCUT2D eigenvalue weighted by Gasteiger charge is 2.14. The van der Waals surface area contributed by atoms with Crippen molar-refractivity contribution >= 4 is 29.2 Å². The molecule has 7 nitrogen and oxygen atoms in total. The summed E-state index contributed by atoms with van der Waals surface area (Å²) in [5.74, 6) is -0.572. The number of hydrogen-bond acceptors (Lipinski definition) is 4. The number of carbonyl (C=O) groups is 2. The van der Waals surface area contributed by atoms with E-state index in [1.165, 1.54) is 10.8 Å². The van der Waals surface area contributed by atoms with Gasteiger partial charge in [-0.3, -0.25) is 9.59 Å². The van der Waals surface area contributed by atoms with E-state index in [2.05, 4.69) is 15.6 Å². The minimum Gasteiger partial charge on any atom is -0.348 e. The van der Waals surface area contributed by atoms with E-state index in [4.69, 9.17) is 16.9 Å². The van der Waals surface area contributed by atoms with Gasteiger partial charge in [0.1, 0.15) is 5.88 Å². The Hall–Kier alpha value is -2.07. The van der Waals surface area contributed by atoms with Crippen molar-refractivity contribution in [1.82, 2.24) is 14.9 Å². The summed E-state index contributed by atoms with van der Waals surface area (Å²) in [4.78, 5) is 26.7. The molecule has 0 fully saturated rings. The Morgan fingerprint density at radius 1 is 1.61 bits per heavy atom. The molecule has 96 valence electrons. The number of halogens is 1. The minimum atomic E-state index is -0.404. The number of amides is 2. The molecule has 18 heavy (non-hydrogen) atoms. The first-order valence-electron chi connectivity index (χ1n) is 5.12. The molecular weight excluding hydrogens is 258 g/mol. The van der Waals surface area contributed by atoms with Crippen LogP contribution in [-0.4, -0.2) is 33.8 Å². The largest absolute Gasteiger partial charge is 0.348 e. The summed E-state index contributed by atoms with van der Waals surface area (Å²) >= 11 is 5.34. The summed E-state index contributed by atoms with van der Waals surface area (Å²) in [5.41, 5.74) is 0. The van der Waals surface area contributed by atoms with Crippen molar-refractivity contribution in [3.05, 3.63) is 12.0 Å². The van der Waals surface area contributed by atoms with E-state index in [0.29, 0.717) is 0 Å². The van der Waals surface area contributed by atoms with Gasteiger partial charge in [0, 0.05) is 19.8 Å². The van der Waals surface area contributed by atoms with E-state index in [1.807, 2.05) is 6.07 Å². The van der Waals surface area contributed by atoms with Crippen LogP contribution < -0.4 is 10.6 Å². The molecule has 0 bridgehead atoms. The molecule has 0 aliphatic rings. The first-order chi connectivity index (χ1) is 8.58. The fourth-order valence-electron chi connectivity index (χ4n) is 1.22. The number of nitrogens with zero attached hydrogens (tertiary/aromatic N) is 3. The van der Waals surface area contributed by atoms with Crippen LogP contribution in [0.25, 0.3) is 0 Å². The van der Waals surface area contributed by atoms with Gasteiger partial charge in [-0.2, -0.15) is 5.26 Å². The Morgan fingerprint density at radius 3 is 2.94 bits per heavy atom. The fraction of sp³-hybridized carbons (Fsp3) is 0.400. The first kappa shape index (κ1) is 14.0. The predicted molar refractivity (Wildman–Crippen MR) is 65.1 cm³/mol. The number of rotatable bonds is 5. The number of anilines is 1. The quantitative estimate of drug-likeness (QED) is 0.591. The number of alkyl halides is 1. The van der Waals surface area contributed by atoms with Gasteiger partial charge in [-0.05, 0) is 0 Å². The summed E-state index contributed by atoms with van der Waals surface area (Å²) in [7, 11) is 1.63. The lowest BCUT2D eigenvalue weighted by Crippen LogP contribution is -2.26. The number of hydrogen-bond donors (Lipinski definition) is 2. The topological polar surface area (TPSA) is 99.8 Å². The number of imidazole rings is 1. The summed E-state index contributed by atoms with van der Waals surface area (Å²) < 4.78 is 1.48. The first-order valence-corrected chi connectivity index (χ1v) is 5.66. The zero-order valence-corrected chi connectivity index (χ0v) is 10.5. The van der Waals surface area contributed by atoms with E-state index in [1.54, 1.807) is 7.05 Å². The SMILES string of the molecule is Cn1cc(NC(=O)CCl)nc1C(=O)NCCC#N. The normalized spacial score (nSPS) is 9.61. The Bertz CT molecular complexity index is 491. The maximum absolute atomic E-state index is 11.7. The van der Waals surface area contributed by atoms with E-state index < -0.39 is 11.8 Å². The molecule has 1 rings (SSSR count). The lowest BCUT2D eigenvalue weighted by Gasteiger charge is -2.01. The molecule has 8 heteroatoms. The smallest absolute Gasteiger partial charge is 0.287 e. The Kier molecular flexibility index (Phi) is 5.14. The molecule has 1 heterocycles. The number of aromatic nitrogens is 2. The predicted octanol–water partition coefficient (Wildman–Crippen LogP) is 0.241. The summed E-state index contributed by atoms with van der Waals surface area (Å²) in [6, 6.07) is 1.91. The van der Waals surface area contributed by atoms with Crippen molar-refractivity contribution in [2.45, 2.75) is 6.42 Å². The van der Waals surface area contributed by atoms with Crippen molar-refractivity contribution < 1.29 is 9.59 Å². The third kappa shape index (κ3) is 3.75.